The van der Waals surface area contributed by atoms with Gasteiger partial charge in [-0.05, 0) is 80.3 Å². The monoisotopic (exact) mass is 271 g/mol. The van der Waals surface area contributed by atoms with Crippen LogP contribution in [0.4, 0.5) is 4.39 Å². The predicted octanol–water partition coefficient (Wildman–Crippen LogP) is 4.45. The van der Waals surface area contributed by atoms with Crippen molar-refractivity contribution in [3.8, 4) is 11.1 Å². The van der Waals surface area contributed by atoms with Gasteiger partial charge in [0.1, 0.15) is 5.82 Å². The van der Waals surface area contributed by atoms with E-state index in [0.29, 0.717) is 5.56 Å². The molecule has 0 bridgehead atoms. The molecule has 0 saturated heterocycles. The van der Waals surface area contributed by atoms with Crippen LogP contribution in [0, 0.1) is 33.5 Å². The highest BCUT2D eigenvalue weighted by molar-refractivity contribution is 5.74. The van der Waals surface area contributed by atoms with Crippen molar-refractivity contribution in [1.82, 2.24) is 5.32 Å². The van der Waals surface area contributed by atoms with Crippen molar-refractivity contribution in [2.45, 2.75) is 34.2 Å². The van der Waals surface area contributed by atoms with Crippen molar-refractivity contribution in [2.24, 2.45) is 0 Å². The molecule has 0 aliphatic rings. The topological polar surface area (TPSA) is 12.0 Å². The van der Waals surface area contributed by atoms with Crippen molar-refractivity contribution in [3.63, 3.8) is 0 Å². The minimum atomic E-state index is -0.152. The van der Waals surface area contributed by atoms with Crippen molar-refractivity contribution >= 4 is 0 Å². The molecule has 1 N–H and O–H groups in total. The fraction of sp³-hybridized carbons (Fsp3) is 0.333. The third-order valence-electron chi connectivity index (χ3n) is 4.05. The van der Waals surface area contributed by atoms with Crippen molar-refractivity contribution in [3.05, 3.63) is 57.9 Å². The number of hydrogen-bond acceptors (Lipinski definition) is 1. The van der Waals surface area contributed by atoms with Crippen LogP contribution in [0.25, 0.3) is 11.1 Å². The van der Waals surface area contributed by atoms with E-state index >= 15 is 0 Å². The Bertz CT molecular complexity index is 618. The number of hydrogen-bond donors (Lipinski definition) is 1. The molecule has 2 heteroatoms. The first kappa shape index (κ1) is 14.7. The Kier molecular flexibility index (Phi) is 4.24. The fourth-order valence-electron chi connectivity index (χ4n) is 2.70. The molecule has 0 aromatic heterocycles. The first-order chi connectivity index (χ1) is 9.45. The Morgan fingerprint density at radius 2 is 1.55 bits per heavy atom. The van der Waals surface area contributed by atoms with Gasteiger partial charge in [-0.15, -0.1) is 0 Å². The molecule has 0 saturated carbocycles. The largest absolute Gasteiger partial charge is 0.316 e. The molecule has 0 radical (unpaired) electrons. The van der Waals surface area contributed by atoms with Crippen LogP contribution in [0.5, 0.6) is 0 Å². The molecule has 0 fully saturated rings. The summed E-state index contributed by atoms with van der Waals surface area (Å²) in [6, 6.07) is 7.53. The van der Waals surface area contributed by atoms with Crippen LogP contribution in [-0.4, -0.2) is 7.05 Å². The lowest BCUT2D eigenvalue weighted by molar-refractivity contribution is 0.629. The standard InChI is InChI=1S/C18H22FN/c1-11-8-12(2)14(4)18(13(11)3)16-9-15(10-20-5)6-7-17(16)19/h6-9,20H,10H2,1-5H3. The molecule has 0 heterocycles. The van der Waals surface area contributed by atoms with Gasteiger partial charge in [-0.25, -0.2) is 4.39 Å². The Morgan fingerprint density at radius 1 is 0.950 bits per heavy atom. The summed E-state index contributed by atoms with van der Waals surface area (Å²) in [7, 11) is 1.90. The fourth-order valence-corrected chi connectivity index (χ4v) is 2.70. The molecular formula is C18H22FN. The second-order valence-electron chi connectivity index (χ2n) is 5.48. The zero-order chi connectivity index (χ0) is 14.9. The van der Waals surface area contributed by atoms with E-state index in [9.17, 15) is 4.39 Å². The highest BCUT2D eigenvalue weighted by Crippen LogP contribution is 2.33. The van der Waals surface area contributed by atoms with Crippen LogP contribution < -0.4 is 5.32 Å². The molecule has 2 aromatic carbocycles. The SMILES string of the molecule is CNCc1ccc(F)c(-c2c(C)c(C)cc(C)c2C)c1. The lowest BCUT2D eigenvalue weighted by Gasteiger charge is -2.17. The first-order valence-corrected chi connectivity index (χ1v) is 6.96. The first-order valence-electron chi connectivity index (χ1n) is 6.96. The molecule has 0 amide bonds. The van der Waals surface area contributed by atoms with E-state index in [0.717, 1.165) is 28.8 Å². The van der Waals surface area contributed by atoms with Gasteiger partial charge in [0.15, 0.2) is 0 Å². The summed E-state index contributed by atoms with van der Waals surface area (Å²) in [5.41, 5.74) is 7.59. The highest BCUT2D eigenvalue weighted by Gasteiger charge is 2.14. The maximum atomic E-state index is 14.3. The highest BCUT2D eigenvalue weighted by atomic mass is 19.1. The van der Waals surface area contributed by atoms with Crippen molar-refractivity contribution in [2.75, 3.05) is 7.05 Å². The van der Waals surface area contributed by atoms with Crippen LogP contribution in [-0.2, 0) is 6.54 Å². The second kappa shape index (κ2) is 5.76. The Hall–Kier alpha value is -1.67. The molecule has 20 heavy (non-hydrogen) atoms. The summed E-state index contributed by atoms with van der Waals surface area (Å²) in [5, 5.41) is 3.11. The van der Waals surface area contributed by atoms with Crippen molar-refractivity contribution in [1.29, 1.82) is 0 Å². The summed E-state index contributed by atoms with van der Waals surface area (Å²) in [5.74, 6) is -0.152. The molecule has 0 unspecified atom stereocenters. The van der Waals surface area contributed by atoms with Crippen LogP contribution in [0.1, 0.15) is 27.8 Å². The van der Waals surface area contributed by atoms with Gasteiger partial charge in [0.2, 0.25) is 0 Å². The molecule has 0 aliphatic heterocycles. The van der Waals surface area contributed by atoms with E-state index < -0.39 is 0 Å². The van der Waals surface area contributed by atoms with E-state index in [2.05, 4.69) is 39.1 Å². The summed E-state index contributed by atoms with van der Waals surface area (Å²) >= 11 is 0. The Labute approximate surface area is 120 Å². The zero-order valence-electron chi connectivity index (χ0n) is 12.9. The normalized spacial score (nSPS) is 10.9. The number of halogens is 1. The molecule has 0 atom stereocenters. The molecule has 0 aliphatic carbocycles. The van der Waals surface area contributed by atoms with Gasteiger partial charge in [0.05, 0.1) is 0 Å². The average molecular weight is 271 g/mol. The third kappa shape index (κ3) is 2.61. The molecule has 2 rings (SSSR count). The Balaban J connectivity index is 2.70. The molecule has 0 spiro atoms. The van der Waals surface area contributed by atoms with Crippen LogP contribution in [0.15, 0.2) is 24.3 Å². The third-order valence-corrected chi connectivity index (χ3v) is 4.05. The minimum Gasteiger partial charge on any atom is -0.316 e. The Morgan fingerprint density at radius 3 is 2.10 bits per heavy atom. The van der Waals surface area contributed by atoms with Gasteiger partial charge in [0, 0.05) is 12.1 Å². The summed E-state index contributed by atoms with van der Waals surface area (Å²) in [6.45, 7) is 9.06. The van der Waals surface area contributed by atoms with Crippen LogP contribution in [0.2, 0.25) is 0 Å². The van der Waals surface area contributed by atoms with E-state index in [1.807, 2.05) is 19.2 Å². The predicted molar refractivity (Wildman–Crippen MR) is 83.5 cm³/mol. The number of aryl methyl sites for hydroxylation is 2. The number of benzene rings is 2. The molecule has 106 valence electrons. The maximum absolute atomic E-state index is 14.3. The lowest BCUT2D eigenvalue weighted by atomic mass is 9.89. The van der Waals surface area contributed by atoms with Gasteiger partial charge in [0.25, 0.3) is 0 Å². The average Bonchev–Trinajstić information content (AvgIpc) is 2.40. The molecular weight excluding hydrogens is 249 g/mol. The quantitative estimate of drug-likeness (QED) is 0.870. The minimum absolute atomic E-state index is 0.152. The summed E-state index contributed by atoms with van der Waals surface area (Å²) in [6.07, 6.45) is 0. The van der Waals surface area contributed by atoms with Gasteiger partial charge < -0.3 is 5.32 Å². The number of rotatable bonds is 3. The van der Waals surface area contributed by atoms with Gasteiger partial charge in [-0.1, -0.05) is 12.1 Å². The van der Waals surface area contributed by atoms with E-state index in [1.165, 1.54) is 11.1 Å². The van der Waals surface area contributed by atoms with Crippen LogP contribution >= 0.6 is 0 Å². The van der Waals surface area contributed by atoms with Gasteiger partial charge in [-0.2, -0.15) is 0 Å². The van der Waals surface area contributed by atoms with Crippen LogP contribution in [0.3, 0.4) is 0 Å². The molecule has 1 nitrogen and oxygen atoms in total. The lowest BCUT2D eigenvalue weighted by Crippen LogP contribution is -2.06. The zero-order valence-corrected chi connectivity index (χ0v) is 12.9. The summed E-state index contributed by atoms with van der Waals surface area (Å²) < 4.78 is 14.3. The number of nitrogens with one attached hydrogen (secondary N) is 1. The molecule has 2 aromatic rings. The summed E-state index contributed by atoms with van der Waals surface area (Å²) in [4.78, 5) is 0. The maximum Gasteiger partial charge on any atom is 0.131 e. The van der Waals surface area contributed by atoms with E-state index in [4.69, 9.17) is 0 Å². The second-order valence-corrected chi connectivity index (χ2v) is 5.48. The van der Waals surface area contributed by atoms with Crippen molar-refractivity contribution < 1.29 is 4.39 Å². The van der Waals surface area contributed by atoms with Gasteiger partial charge >= 0.3 is 0 Å². The van der Waals surface area contributed by atoms with E-state index in [1.54, 1.807) is 6.07 Å². The smallest absolute Gasteiger partial charge is 0.131 e. The van der Waals surface area contributed by atoms with E-state index in [-0.39, 0.29) is 5.82 Å². The van der Waals surface area contributed by atoms with Gasteiger partial charge in [-0.3, -0.25) is 0 Å².